The van der Waals surface area contributed by atoms with Crippen LogP contribution in [-0.2, 0) is 4.79 Å². The lowest BCUT2D eigenvalue weighted by Crippen LogP contribution is -2.44. The Balaban J connectivity index is 1.57. The molecular formula is C15H20N6OS. The van der Waals surface area contributed by atoms with Gasteiger partial charge in [0.2, 0.25) is 11.9 Å². The van der Waals surface area contributed by atoms with Gasteiger partial charge in [-0.2, -0.15) is 0 Å². The average molecular weight is 332 g/mol. The quantitative estimate of drug-likeness (QED) is 0.914. The first kappa shape index (κ1) is 15.8. The number of hydrogen-bond acceptors (Lipinski definition) is 7. The molecule has 0 spiro atoms. The van der Waals surface area contributed by atoms with Gasteiger partial charge in [-0.3, -0.25) is 15.0 Å². The summed E-state index contributed by atoms with van der Waals surface area (Å²) in [4.78, 5) is 29.3. The summed E-state index contributed by atoms with van der Waals surface area (Å²) >= 11 is 1.66. The van der Waals surface area contributed by atoms with Crippen molar-refractivity contribution in [3.63, 3.8) is 0 Å². The van der Waals surface area contributed by atoms with Crippen LogP contribution >= 0.6 is 11.3 Å². The summed E-state index contributed by atoms with van der Waals surface area (Å²) in [5, 5.41) is 5.82. The Labute approximate surface area is 139 Å². The molecule has 1 saturated heterocycles. The number of nitrogens with one attached hydrogen (secondary N) is 1. The molecule has 2 aromatic rings. The average Bonchev–Trinajstić information content (AvgIpc) is 3.00. The summed E-state index contributed by atoms with van der Waals surface area (Å²) in [6.07, 6.45) is 6.08. The van der Waals surface area contributed by atoms with E-state index in [0.717, 1.165) is 37.7 Å². The van der Waals surface area contributed by atoms with Gasteiger partial charge in [0, 0.05) is 50.1 Å². The van der Waals surface area contributed by atoms with Crippen molar-refractivity contribution in [1.29, 1.82) is 0 Å². The molecular weight excluding hydrogens is 312 g/mol. The molecule has 1 atom stereocenters. The van der Waals surface area contributed by atoms with E-state index in [9.17, 15) is 4.79 Å². The van der Waals surface area contributed by atoms with E-state index in [4.69, 9.17) is 0 Å². The molecule has 1 fully saturated rings. The lowest BCUT2D eigenvalue weighted by atomic mass is 10.2. The number of anilines is 2. The molecule has 1 aliphatic heterocycles. The predicted molar refractivity (Wildman–Crippen MR) is 90.6 cm³/mol. The molecule has 2 aromatic heterocycles. The van der Waals surface area contributed by atoms with E-state index in [1.165, 1.54) is 0 Å². The summed E-state index contributed by atoms with van der Waals surface area (Å²) in [5.74, 6) is 0.280. The number of aromatic nitrogens is 3. The van der Waals surface area contributed by atoms with Crippen LogP contribution in [0.25, 0.3) is 0 Å². The number of carbonyl (C=O) groups excluding carboxylic acids is 1. The van der Waals surface area contributed by atoms with Crippen LogP contribution in [0.5, 0.6) is 0 Å². The predicted octanol–water partition coefficient (Wildman–Crippen LogP) is 1.47. The molecule has 0 aromatic carbocycles. The Morgan fingerprint density at radius 1 is 1.17 bits per heavy atom. The highest BCUT2D eigenvalue weighted by molar-refractivity contribution is 7.13. The third-order valence-electron chi connectivity index (χ3n) is 3.95. The first-order chi connectivity index (χ1) is 11.2. The Morgan fingerprint density at radius 2 is 2.00 bits per heavy atom. The number of amides is 1. The Hall–Kier alpha value is -2.06. The zero-order chi connectivity index (χ0) is 16.1. The smallest absolute Gasteiger partial charge is 0.243 e. The van der Waals surface area contributed by atoms with Gasteiger partial charge in [0.25, 0.3) is 0 Å². The van der Waals surface area contributed by atoms with E-state index in [2.05, 4.69) is 30.1 Å². The zero-order valence-electron chi connectivity index (χ0n) is 13.1. The third kappa shape index (κ3) is 4.02. The van der Waals surface area contributed by atoms with Gasteiger partial charge >= 0.3 is 0 Å². The molecule has 122 valence electrons. The van der Waals surface area contributed by atoms with Crippen molar-refractivity contribution in [2.75, 3.05) is 36.4 Å². The van der Waals surface area contributed by atoms with Gasteiger partial charge < -0.3 is 4.90 Å². The van der Waals surface area contributed by atoms with Crippen molar-refractivity contribution in [3.8, 4) is 0 Å². The fourth-order valence-corrected chi connectivity index (χ4v) is 3.33. The molecule has 0 radical (unpaired) electrons. The van der Waals surface area contributed by atoms with Crippen LogP contribution in [0.2, 0.25) is 0 Å². The van der Waals surface area contributed by atoms with Gasteiger partial charge in [-0.25, -0.2) is 15.0 Å². The molecule has 0 bridgehead atoms. The van der Waals surface area contributed by atoms with Gasteiger partial charge in [0.1, 0.15) is 0 Å². The van der Waals surface area contributed by atoms with Crippen molar-refractivity contribution in [2.45, 2.75) is 19.4 Å². The van der Waals surface area contributed by atoms with Crippen LogP contribution in [0.3, 0.4) is 0 Å². The largest absolute Gasteiger partial charge is 0.347 e. The molecule has 3 heterocycles. The van der Waals surface area contributed by atoms with E-state index in [0.29, 0.717) is 5.95 Å². The lowest BCUT2D eigenvalue weighted by Gasteiger charge is -2.26. The summed E-state index contributed by atoms with van der Waals surface area (Å²) in [5.41, 5.74) is 0. The Kier molecular flexibility index (Phi) is 5.14. The minimum absolute atomic E-state index is 0.0705. The molecule has 0 saturated carbocycles. The molecule has 1 aliphatic rings. The molecule has 1 N–H and O–H groups in total. The van der Waals surface area contributed by atoms with E-state index < -0.39 is 0 Å². The van der Waals surface area contributed by atoms with Gasteiger partial charge in [-0.1, -0.05) is 0 Å². The summed E-state index contributed by atoms with van der Waals surface area (Å²) in [6, 6.07) is 1.51. The van der Waals surface area contributed by atoms with Crippen LogP contribution in [0.4, 0.5) is 11.1 Å². The van der Waals surface area contributed by atoms with E-state index in [1.54, 1.807) is 29.8 Å². The maximum atomic E-state index is 12.4. The number of rotatable bonds is 4. The minimum Gasteiger partial charge on any atom is -0.347 e. The van der Waals surface area contributed by atoms with Crippen molar-refractivity contribution in [2.24, 2.45) is 0 Å². The van der Waals surface area contributed by atoms with Crippen LogP contribution < -0.4 is 10.2 Å². The zero-order valence-corrected chi connectivity index (χ0v) is 13.9. The molecule has 8 heteroatoms. The second kappa shape index (κ2) is 7.47. The van der Waals surface area contributed by atoms with E-state index in [1.807, 2.05) is 18.5 Å². The van der Waals surface area contributed by atoms with Crippen LogP contribution in [0, 0.1) is 0 Å². The van der Waals surface area contributed by atoms with Crippen molar-refractivity contribution in [1.82, 2.24) is 19.9 Å². The monoisotopic (exact) mass is 332 g/mol. The number of carbonyl (C=O) groups is 1. The topological polar surface area (TPSA) is 74.2 Å². The summed E-state index contributed by atoms with van der Waals surface area (Å²) < 4.78 is 0. The third-order valence-corrected chi connectivity index (χ3v) is 4.78. The fourth-order valence-electron chi connectivity index (χ4n) is 2.63. The van der Waals surface area contributed by atoms with Gasteiger partial charge in [0.15, 0.2) is 5.13 Å². The van der Waals surface area contributed by atoms with Crippen molar-refractivity contribution in [3.05, 3.63) is 30.0 Å². The van der Waals surface area contributed by atoms with Crippen LogP contribution in [-0.4, -0.2) is 58.0 Å². The highest BCUT2D eigenvalue weighted by Crippen LogP contribution is 2.19. The van der Waals surface area contributed by atoms with E-state index >= 15 is 0 Å². The SMILES string of the molecule is C[C@H](C(=O)Nc1ncccn1)N1CCCN(c2nccs2)CC1. The molecule has 3 rings (SSSR count). The number of thiazole rings is 1. The van der Waals surface area contributed by atoms with E-state index in [-0.39, 0.29) is 11.9 Å². The maximum absolute atomic E-state index is 12.4. The van der Waals surface area contributed by atoms with Gasteiger partial charge in [-0.05, 0) is 19.4 Å². The first-order valence-electron chi connectivity index (χ1n) is 7.70. The van der Waals surface area contributed by atoms with Gasteiger partial charge in [0.05, 0.1) is 6.04 Å². The standard InChI is InChI=1S/C15H20N6OS/c1-12(13(22)19-14-16-4-2-5-17-14)20-7-3-8-21(10-9-20)15-18-6-11-23-15/h2,4-6,11-12H,3,7-10H2,1H3,(H,16,17,19,22)/t12-/m1/s1. The molecule has 7 nitrogen and oxygen atoms in total. The van der Waals surface area contributed by atoms with Crippen molar-refractivity contribution < 1.29 is 4.79 Å². The Morgan fingerprint density at radius 3 is 2.74 bits per heavy atom. The van der Waals surface area contributed by atoms with Crippen molar-refractivity contribution >= 4 is 28.3 Å². The summed E-state index contributed by atoms with van der Waals surface area (Å²) in [6.45, 7) is 5.51. The fraction of sp³-hybridized carbons (Fsp3) is 0.467. The number of nitrogens with zero attached hydrogens (tertiary/aromatic N) is 5. The normalized spacial score (nSPS) is 17.5. The highest BCUT2D eigenvalue weighted by Gasteiger charge is 2.25. The highest BCUT2D eigenvalue weighted by atomic mass is 32.1. The number of hydrogen-bond donors (Lipinski definition) is 1. The lowest BCUT2D eigenvalue weighted by molar-refractivity contribution is -0.120. The maximum Gasteiger partial charge on any atom is 0.243 e. The van der Waals surface area contributed by atoms with Crippen LogP contribution in [0.1, 0.15) is 13.3 Å². The van der Waals surface area contributed by atoms with Gasteiger partial charge in [-0.15, -0.1) is 11.3 Å². The minimum atomic E-state index is -0.213. The molecule has 0 aliphatic carbocycles. The molecule has 0 unspecified atom stereocenters. The summed E-state index contributed by atoms with van der Waals surface area (Å²) in [7, 11) is 0. The van der Waals surface area contributed by atoms with Crippen LogP contribution in [0.15, 0.2) is 30.0 Å². The second-order valence-corrected chi connectivity index (χ2v) is 6.30. The molecule has 23 heavy (non-hydrogen) atoms. The Bertz CT molecular complexity index is 620. The first-order valence-corrected chi connectivity index (χ1v) is 8.58. The second-order valence-electron chi connectivity index (χ2n) is 5.43. The molecule has 1 amide bonds.